The van der Waals surface area contributed by atoms with Crippen molar-refractivity contribution in [2.24, 2.45) is 0 Å². The number of carbonyl (C=O) groups is 3. The van der Waals surface area contributed by atoms with Crippen LogP contribution in [0.5, 0.6) is 0 Å². The number of hydrogen-bond donors (Lipinski definition) is 0. The first-order chi connectivity index (χ1) is 14.2. The Morgan fingerprint density at radius 2 is 1.48 bits per heavy atom. The third kappa shape index (κ3) is 3.69. The minimum absolute atomic E-state index is 0.163. The standard InChI is InChI=1S/C23H19NO5/c25-21-18-10-4-5-11-19(18)22(26)24(21)13-6-7-14-29-23(27)20-17(12-15-28-20)16-8-2-1-3-9-16/h1-5,8-12,15H,6-7,13-14H2. The molecule has 0 bridgehead atoms. The molecule has 2 aromatic carbocycles. The second kappa shape index (κ2) is 8.14. The summed E-state index contributed by atoms with van der Waals surface area (Å²) in [6.07, 6.45) is 2.53. The highest BCUT2D eigenvalue weighted by Gasteiger charge is 2.34. The lowest BCUT2D eigenvalue weighted by Crippen LogP contribution is -2.30. The molecule has 0 spiro atoms. The predicted octanol–water partition coefficient (Wildman–Crippen LogP) is 4.18. The molecule has 6 heteroatoms. The number of ether oxygens (including phenoxy) is 1. The van der Waals surface area contributed by atoms with Crippen LogP contribution in [0.3, 0.4) is 0 Å². The Morgan fingerprint density at radius 1 is 0.828 bits per heavy atom. The van der Waals surface area contributed by atoms with E-state index in [0.29, 0.717) is 36.1 Å². The van der Waals surface area contributed by atoms with Crippen molar-refractivity contribution >= 4 is 17.8 Å². The molecule has 0 atom stereocenters. The second-order valence-electron chi connectivity index (χ2n) is 6.68. The first-order valence-electron chi connectivity index (χ1n) is 9.42. The predicted molar refractivity (Wildman–Crippen MR) is 105 cm³/mol. The molecular formula is C23H19NO5. The number of benzene rings is 2. The Kier molecular flexibility index (Phi) is 5.24. The summed E-state index contributed by atoms with van der Waals surface area (Å²) >= 11 is 0. The van der Waals surface area contributed by atoms with Crippen molar-refractivity contribution in [3.8, 4) is 11.1 Å². The lowest BCUT2D eigenvalue weighted by molar-refractivity contribution is 0.0453. The smallest absolute Gasteiger partial charge is 0.374 e. The van der Waals surface area contributed by atoms with Crippen LogP contribution in [0.4, 0.5) is 0 Å². The lowest BCUT2D eigenvalue weighted by Gasteiger charge is -2.13. The van der Waals surface area contributed by atoms with Crippen LogP contribution in [0, 0.1) is 0 Å². The first kappa shape index (κ1) is 18.7. The fraction of sp³-hybridized carbons (Fsp3) is 0.174. The highest BCUT2D eigenvalue weighted by molar-refractivity contribution is 6.21. The van der Waals surface area contributed by atoms with Crippen molar-refractivity contribution in [2.75, 3.05) is 13.2 Å². The molecule has 0 fully saturated rings. The number of rotatable bonds is 7. The highest BCUT2D eigenvalue weighted by atomic mass is 16.5. The van der Waals surface area contributed by atoms with E-state index in [0.717, 1.165) is 5.56 Å². The van der Waals surface area contributed by atoms with E-state index in [-0.39, 0.29) is 24.2 Å². The number of unbranched alkanes of at least 4 members (excludes halogenated alkanes) is 1. The second-order valence-corrected chi connectivity index (χ2v) is 6.68. The molecule has 1 aliphatic rings. The molecule has 29 heavy (non-hydrogen) atoms. The molecule has 0 saturated carbocycles. The monoisotopic (exact) mass is 389 g/mol. The van der Waals surface area contributed by atoms with E-state index in [1.54, 1.807) is 30.3 Å². The molecule has 4 rings (SSSR count). The van der Waals surface area contributed by atoms with Crippen LogP contribution in [0.15, 0.2) is 71.3 Å². The summed E-state index contributed by atoms with van der Waals surface area (Å²) in [5, 5.41) is 0. The molecular weight excluding hydrogens is 370 g/mol. The lowest BCUT2D eigenvalue weighted by atomic mass is 10.1. The van der Waals surface area contributed by atoms with Gasteiger partial charge in [-0.05, 0) is 36.6 Å². The van der Waals surface area contributed by atoms with Gasteiger partial charge < -0.3 is 9.15 Å². The van der Waals surface area contributed by atoms with Crippen molar-refractivity contribution in [3.63, 3.8) is 0 Å². The number of nitrogens with zero attached hydrogens (tertiary/aromatic N) is 1. The average Bonchev–Trinajstić information content (AvgIpc) is 3.34. The van der Waals surface area contributed by atoms with Gasteiger partial charge in [0.2, 0.25) is 5.76 Å². The number of carbonyl (C=O) groups excluding carboxylic acids is 3. The van der Waals surface area contributed by atoms with Crippen LogP contribution in [0.2, 0.25) is 0 Å². The molecule has 0 unspecified atom stereocenters. The zero-order valence-electron chi connectivity index (χ0n) is 15.7. The van der Waals surface area contributed by atoms with E-state index in [1.165, 1.54) is 11.2 Å². The van der Waals surface area contributed by atoms with Gasteiger partial charge in [-0.25, -0.2) is 4.79 Å². The first-order valence-corrected chi connectivity index (χ1v) is 9.42. The van der Waals surface area contributed by atoms with Crippen LogP contribution in [0.25, 0.3) is 11.1 Å². The quantitative estimate of drug-likeness (QED) is 0.344. The van der Waals surface area contributed by atoms with Crippen LogP contribution in [-0.4, -0.2) is 35.8 Å². The van der Waals surface area contributed by atoms with Gasteiger partial charge in [-0.1, -0.05) is 42.5 Å². The van der Waals surface area contributed by atoms with Gasteiger partial charge in [-0.15, -0.1) is 0 Å². The molecule has 1 aliphatic heterocycles. The van der Waals surface area contributed by atoms with Crippen molar-refractivity contribution < 1.29 is 23.5 Å². The Balaban J connectivity index is 1.27. The van der Waals surface area contributed by atoms with Crippen molar-refractivity contribution in [3.05, 3.63) is 83.8 Å². The summed E-state index contributed by atoms with van der Waals surface area (Å²) in [6, 6.07) is 18.0. The van der Waals surface area contributed by atoms with E-state index in [4.69, 9.17) is 9.15 Å². The average molecular weight is 389 g/mol. The van der Waals surface area contributed by atoms with Crippen molar-refractivity contribution in [1.82, 2.24) is 4.90 Å². The third-order valence-corrected chi connectivity index (χ3v) is 4.82. The number of esters is 1. The topological polar surface area (TPSA) is 76.8 Å². The SMILES string of the molecule is O=C(OCCCCN1C(=O)c2ccccc2C1=O)c1occc1-c1ccccc1. The zero-order valence-corrected chi connectivity index (χ0v) is 15.7. The van der Waals surface area contributed by atoms with Crippen molar-refractivity contribution in [2.45, 2.75) is 12.8 Å². The summed E-state index contributed by atoms with van der Waals surface area (Å²) in [7, 11) is 0. The van der Waals surface area contributed by atoms with E-state index < -0.39 is 5.97 Å². The summed E-state index contributed by atoms with van der Waals surface area (Å²) in [6.45, 7) is 0.469. The molecule has 2 amide bonds. The van der Waals surface area contributed by atoms with Gasteiger partial charge in [-0.3, -0.25) is 14.5 Å². The van der Waals surface area contributed by atoms with Gasteiger partial charge in [0, 0.05) is 12.1 Å². The third-order valence-electron chi connectivity index (χ3n) is 4.82. The van der Waals surface area contributed by atoms with Gasteiger partial charge in [0.15, 0.2) is 0 Å². The summed E-state index contributed by atoms with van der Waals surface area (Å²) in [5.41, 5.74) is 2.44. The minimum Gasteiger partial charge on any atom is -0.460 e. The maximum Gasteiger partial charge on any atom is 0.374 e. The summed E-state index contributed by atoms with van der Waals surface area (Å²) < 4.78 is 10.6. The molecule has 1 aromatic heterocycles. The van der Waals surface area contributed by atoms with Crippen molar-refractivity contribution in [1.29, 1.82) is 0 Å². The maximum absolute atomic E-state index is 12.3. The zero-order chi connectivity index (χ0) is 20.2. The Bertz CT molecular complexity index is 1020. The van der Waals surface area contributed by atoms with Gasteiger partial charge >= 0.3 is 5.97 Å². The summed E-state index contributed by atoms with van der Waals surface area (Å²) in [5.74, 6) is -0.914. The number of fused-ring (bicyclic) bond motifs is 1. The largest absolute Gasteiger partial charge is 0.460 e. The molecule has 6 nitrogen and oxygen atoms in total. The van der Waals surface area contributed by atoms with E-state index in [9.17, 15) is 14.4 Å². The van der Waals surface area contributed by atoms with Gasteiger partial charge in [-0.2, -0.15) is 0 Å². The highest BCUT2D eigenvalue weighted by Crippen LogP contribution is 2.25. The van der Waals surface area contributed by atoms with Crippen LogP contribution in [-0.2, 0) is 4.74 Å². The van der Waals surface area contributed by atoms with Crippen LogP contribution in [0.1, 0.15) is 44.1 Å². The number of hydrogen-bond acceptors (Lipinski definition) is 5. The minimum atomic E-state index is -0.533. The molecule has 0 radical (unpaired) electrons. The van der Waals surface area contributed by atoms with Gasteiger partial charge in [0.25, 0.3) is 11.8 Å². The normalized spacial score (nSPS) is 12.9. The Morgan fingerprint density at radius 3 is 2.17 bits per heavy atom. The van der Waals surface area contributed by atoms with Crippen LogP contribution >= 0.6 is 0 Å². The molecule has 0 aliphatic carbocycles. The number of furan rings is 1. The molecule has 0 saturated heterocycles. The van der Waals surface area contributed by atoms with Gasteiger partial charge in [0.1, 0.15) is 0 Å². The van der Waals surface area contributed by atoms with E-state index in [2.05, 4.69) is 0 Å². The Hall–Kier alpha value is -3.67. The van der Waals surface area contributed by atoms with Crippen LogP contribution < -0.4 is 0 Å². The van der Waals surface area contributed by atoms with E-state index >= 15 is 0 Å². The molecule has 2 heterocycles. The molecule has 0 N–H and O–H groups in total. The van der Waals surface area contributed by atoms with Gasteiger partial charge in [0.05, 0.1) is 24.0 Å². The van der Waals surface area contributed by atoms with E-state index in [1.807, 2.05) is 30.3 Å². The molecule has 3 aromatic rings. The molecule has 146 valence electrons. The fourth-order valence-corrected chi connectivity index (χ4v) is 3.36. The fourth-order valence-electron chi connectivity index (χ4n) is 3.36. The number of imide groups is 1. The number of amides is 2. The Labute approximate surface area is 167 Å². The summed E-state index contributed by atoms with van der Waals surface area (Å²) in [4.78, 5) is 38.2. The maximum atomic E-state index is 12.3.